The minimum atomic E-state index is 0.313. The van der Waals surface area contributed by atoms with Crippen LogP contribution < -0.4 is 5.32 Å². The first kappa shape index (κ1) is 8.09. The molecular formula is C10H17NO. The third kappa shape index (κ3) is 1.62. The molecule has 0 radical (unpaired) electrons. The van der Waals surface area contributed by atoms with Crippen LogP contribution in [0, 0.1) is 11.8 Å². The van der Waals surface area contributed by atoms with Crippen LogP contribution in [0.25, 0.3) is 0 Å². The van der Waals surface area contributed by atoms with Crippen molar-refractivity contribution in [3.63, 3.8) is 0 Å². The van der Waals surface area contributed by atoms with Crippen LogP contribution in [-0.2, 0) is 4.79 Å². The van der Waals surface area contributed by atoms with Crippen molar-refractivity contribution in [1.82, 2.24) is 5.32 Å². The summed E-state index contributed by atoms with van der Waals surface area (Å²) in [7, 11) is 0. The number of carbonyl (C=O) groups is 1. The lowest BCUT2D eigenvalue weighted by molar-refractivity contribution is -0.127. The van der Waals surface area contributed by atoms with Crippen molar-refractivity contribution >= 4 is 5.91 Å². The van der Waals surface area contributed by atoms with E-state index in [0.29, 0.717) is 11.8 Å². The van der Waals surface area contributed by atoms with Gasteiger partial charge in [0.1, 0.15) is 0 Å². The van der Waals surface area contributed by atoms with Crippen LogP contribution >= 0.6 is 0 Å². The van der Waals surface area contributed by atoms with Gasteiger partial charge in [0.25, 0.3) is 0 Å². The number of piperidine rings is 1. The lowest BCUT2D eigenvalue weighted by Crippen LogP contribution is -2.37. The maximum Gasteiger partial charge on any atom is 0.223 e. The summed E-state index contributed by atoms with van der Waals surface area (Å²) in [4.78, 5) is 11.4. The summed E-state index contributed by atoms with van der Waals surface area (Å²) in [6.45, 7) is 0.903. The summed E-state index contributed by atoms with van der Waals surface area (Å²) in [6.07, 6.45) is 7.59. The fraction of sp³-hybridized carbons (Fsp3) is 0.900. The van der Waals surface area contributed by atoms with Crippen LogP contribution in [0.4, 0.5) is 0 Å². The Morgan fingerprint density at radius 3 is 2.67 bits per heavy atom. The van der Waals surface area contributed by atoms with Gasteiger partial charge in [0, 0.05) is 12.5 Å². The van der Waals surface area contributed by atoms with Gasteiger partial charge in [0.2, 0.25) is 5.91 Å². The van der Waals surface area contributed by atoms with Crippen molar-refractivity contribution in [3.05, 3.63) is 0 Å². The Balaban J connectivity index is 1.80. The number of hydrogen-bond donors (Lipinski definition) is 1. The van der Waals surface area contributed by atoms with Crippen molar-refractivity contribution in [2.75, 3.05) is 6.54 Å². The highest BCUT2D eigenvalue weighted by atomic mass is 16.1. The van der Waals surface area contributed by atoms with Gasteiger partial charge in [-0.2, -0.15) is 0 Å². The molecule has 1 unspecified atom stereocenters. The molecule has 0 spiro atoms. The van der Waals surface area contributed by atoms with E-state index < -0.39 is 0 Å². The summed E-state index contributed by atoms with van der Waals surface area (Å²) in [5.41, 5.74) is 0. The minimum Gasteiger partial charge on any atom is -0.356 e. The molecule has 0 aromatic carbocycles. The normalized spacial score (nSPS) is 31.0. The van der Waals surface area contributed by atoms with Crippen LogP contribution in [0.2, 0.25) is 0 Å². The molecule has 1 atom stereocenters. The number of hydrogen-bond acceptors (Lipinski definition) is 1. The molecule has 68 valence electrons. The average Bonchev–Trinajstić information content (AvgIpc) is 2.00. The number of carbonyl (C=O) groups excluding carboxylic acids is 1. The number of rotatable bonds is 2. The topological polar surface area (TPSA) is 29.1 Å². The fourth-order valence-electron chi connectivity index (χ4n) is 2.19. The Bertz CT molecular complexity index is 175. The van der Waals surface area contributed by atoms with E-state index in [1.807, 2.05) is 0 Å². The molecule has 1 amide bonds. The van der Waals surface area contributed by atoms with E-state index in [2.05, 4.69) is 5.32 Å². The van der Waals surface area contributed by atoms with Crippen molar-refractivity contribution in [2.24, 2.45) is 11.8 Å². The largest absolute Gasteiger partial charge is 0.356 e. The Hall–Kier alpha value is -0.530. The van der Waals surface area contributed by atoms with Gasteiger partial charge in [0.15, 0.2) is 0 Å². The van der Waals surface area contributed by atoms with E-state index >= 15 is 0 Å². The van der Waals surface area contributed by atoms with Crippen LogP contribution in [0.5, 0.6) is 0 Å². The molecule has 1 saturated heterocycles. The second-order valence-electron chi connectivity index (χ2n) is 4.16. The SMILES string of the molecule is O=C1NCCCC1CC1CCC1. The summed E-state index contributed by atoms with van der Waals surface area (Å²) < 4.78 is 0. The molecule has 2 nitrogen and oxygen atoms in total. The van der Waals surface area contributed by atoms with E-state index in [4.69, 9.17) is 0 Å². The van der Waals surface area contributed by atoms with Gasteiger partial charge in [-0.3, -0.25) is 4.79 Å². The van der Waals surface area contributed by atoms with E-state index in [9.17, 15) is 4.79 Å². The van der Waals surface area contributed by atoms with E-state index in [0.717, 1.165) is 25.3 Å². The monoisotopic (exact) mass is 167 g/mol. The van der Waals surface area contributed by atoms with Gasteiger partial charge < -0.3 is 5.32 Å². The standard InChI is InChI=1S/C10H17NO/c12-10-9(5-2-6-11-10)7-8-3-1-4-8/h8-9H,1-7H2,(H,11,12). The van der Waals surface area contributed by atoms with Crippen LogP contribution in [-0.4, -0.2) is 12.5 Å². The zero-order valence-corrected chi connectivity index (χ0v) is 7.51. The zero-order valence-electron chi connectivity index (χ0n) is 7.51. The zero-order chi connectivity index (χ0) is 8.39. The molecule has 1 saturated carbocycles. The van der Waals surface area contributed by atoms with Gasteiger partial charge in [0.05, 0.1) is 0 Å². The molecule has 1 N–H and O–H groups in total. The Morgan fingerprint density at radius 1 is 1.25 bits per heavy atom. The smallest absolute Gasteiger partial charge is 0.223 e. The molecule has 12 heavy (non-hydrogen) atoms. The number of nitrogens with one attached hydrogen (secondary N) is 1. The van der Waals surface area contributed by atoms with Gasteiger partial charge in [-0.15, -0.1) is 0 Å². The highest BCUT2D eigenvalue weighted by Crippen LogP contribution is 2.34. The Morgan fingerprint density at radius 2 is 2.08 bits per heavy atom. The number of amides is 1. The van der Waals surface area contributed by atoms with Gasteiger partial charge >= 0.3 is 0 Å². The minimum absolute atomic E-state index is 0.313. The maximum atomic E-state index is 11.4. The fourth-order valence-corrected chi connectivity index (χ4v) is 2.19. The second-order valence-corrected chi connectivity index (χ2v) is 4.16. The highest BCUT2D eigenvalue weighted by Gasteiger charge is 2.27. The second kappa shape index (κ2) is 3.46. The first-order chi connectivity index (χ1) is 5.86. The van der Waals surface area contributed by atoms with E-state index in [1.54, 1.807) is 0 Å². The summed E-state index contributed by atoms with van der Waals surface area (Å²) in [6, 6.07) is 0. The molecule has 1 aliphatic carbocycles. The highest BCUT2D eigenvalue weighted by molar-refractivity contribution is 5.79. The van der Waals surface area contributed by atoms with E-state index in [1.165, 1.54) is 25.7 Å². The average molecular weight is 167 g/mol. The lowest BCUT2D eigenvalue weighted by Gasteiger charge is -2.30. The summed E-state index contributed by atoms with van der Waals surface area (Å²) in [5, 5.41) is 2.95. The van der Waals surface area contributed by atoms with Gasteiger partial charge in [-0.1, -0.05) is 19.3 Å². The molecule has 0 aromatic rings. The molecule has 0 bridgehead atoms. The molecular weight excluding hydrogens is 150 g/mol. The predicted molar refractivity (Wildman–Crippen MR) is 47.7 cm³/mol. The summed E-state index contributed by atoms with van der Waals surface area (Å²) in [5.74, 6) is 1.54. The summed E-state index contributed by atoms with van der Waals surface area (Å²) >= 11 is 0. The Labute approximate surface area is 73.7 Å². The van der Waals surface area contributed by atoms with Crippen molar-refractivity contribution in [3.8, 4) is 0 Å². The molecule has 1 heterocycles. The van der Waals surface area contributed by atoms with E-state index in [-0.39, 0.29) is 0 Å². The van der Waals surface area contributed by atoms with Crippen LogP contribution in [0.3, 0.4) is 0 Å². The molecule has 0 aromatic heterocycles. The maximum absolute atomic E-state index is 11.4. The van der Waals surface area contributed by atoms with Crippen molar-refractivity contribution in [2.45, 2.75) is 38.5 Å². The molecule has 2 fully saturated rings. The van der Waals surface area contributed by atoms with Crippen LogP contribution in [0.1, 0.15) is 38.5 Å². The van der Waals surface area contributed by atoms with Gasteiger partial charge in [-0.25, -0.2) is 0 Å². The first-order valence-electron chi connectivity index (χ1n) is 5.14. The first-order valence-corrected chi connectivity index (χ1v) is 5.14. The lowest BCUT2D eigenvalue weighted by atomic mass is 9.77. The predicted octanol–water partition coefficient (Wildman–Crippen LogP) is 1.70. The van der Waals surface area contributed by atoms with Crippen molar-refractivity contribution < 1.29 is 4.79 Å². The van der Waals surface area contributed by atoms with Crippen LogP contribution in [0.15, 0.2) is 0 Å². The third-order valence-corrected chi connectivity index (χ3v) is 3.24. The molecule has 2 aliphatic rings. The molecule has 2 heteroatoms. The molecule has 2 rings (SSSR count). The Kier molecular flexibility index (Phi) is 2.33. The molecule has 1 aliphatic heterocycles. The quantitative estimate of drug-likeness (QED) is 0.666. The van der Waals surface area contributed by atoms with Crippen molar-refractivity contribution in [1.29, 1.82) is 0 Å². The van der Waals surface area contributed by atoms with Gasteiger partial charge in [-0.05, 0) is 25.2 Å². The third-order valence-electron chi connectivity index (χ3n) is 3.24.